The smallest absolute Gasteiger partial charge is 0.345 e. The number of sulfone groups is 1. The van der Waals surface area contributed by atoms with Gasteiger partial charge in [-0.15, -0.1) is 6.58 Å². The van der Waals surface area contributed by atoms with Gasteiger partial charge >= 0.3 is 6.03 Å². The number of nitrogens with zero attached hydrogens (tertiary/aromatic N) is 1. The molecule has 0 radical (unpaired) electrons. The summed E-state index contributed by atoms with van der Waals surface area (Å²) in [6.07, 6.45) is 0.753. The second-order valence-corrected chi connectivity index (χ2v) is 8.77. The normalized spacial score (nSPS) is 18.7. The van der Waals surface area contributed by atoms with Crippen molar-refractivity contribution in [3.63, 3.8) is 0 Å². The van der Waals surface area contributed by atoms with Crippen LogP contribution in [0.5, 0.6) is 5.75 Å². The quantitative estimate of drug-likeness (QED) is 0.518. The zero-order chi connectivity index (χ0) is 20.9. The van der Waals surface area contributed by atoms with Crippen molar-refractivity contribution >= 4 is 15.9 Å². The summed E-state index contributed by atoms with van der Waals surface area (Å²) < 4.78 is 72.2. The van der Waals surface area contributed by atoms with E-state index in [1.165, 1.54) is 6.08 Å². The van der Waals surface area contributed by atoms with Crippen LogP contribution in [0.15, 0.2) is 24.8 Å². The van der Waals surface area contributed by atoms with Crippen LogP contribution in [0.4, 0.5) is 18.1 Å². The van der Waals surface area contributed by atoms with Crippen LogP contribution < -0.4 is 10.1 Å². The first-order valence-corrected chi connectivity index (χ1v) is 10.5. The minimum Gasteiger partial charge on any atom is -0.490 e. The molecule has 0 spiro atoms. The summed E-state index contributed by atoms with van der Waals surface area (Å²) in [4.78, 5) is 11.5. The Balaban J connectivity index is 2.42. The third-order valence-corrected chi connectivity index (χ3v) is 7.16. The van der Waals surface area contributed by atoms with Gasteiger partial charge in [-0.25, -0.2) is 22.0 Å². The first-order valence-electron chi connectivity index (χ1n) is 8.85. The fourth-order valence-electron chi connectivity index (χ4n) is 3.41. The first-order chi connectivity index (χ1) is 13.2. The second-order valence-electron chi connectivity index (χ2n) is 6.42. The Bertz CT molecular complexity index is 847. The van der Waals surface area contributed by atoms with E-state index in [9.17, 15) is 26.5 Å². The van der Waals surface area contributed by atoms with Crippen LogP contribution in [0.25, 0.3) is 0 Å². The molecular formula is C18H23F3N2O4S. The predicted molar refractivity (Wildman–Crippen MR) is 98.3 cm³/mol. The van der Waals surface area contributed by atoms with Gasteiger partial charge in [0.05, 0.1) is 24.5 Å². The maximum atomic E-state index is 14.6. The minimum absolute atomic E-state index is 0.0699. The monoisotopic (exact) mass is 420 g/mol. The second kappa shape index (κ2) is 8.85. The van der Waals surface area contributed by atoms with Gasteiger partial charge in [-0.2, -0.15) is 5.12 Å². The molecule has 10 heteroatoms. The highest BCUT2D eigenvalue weighted by Crippen LogP contribution is 2.48. The summed E-state index contributed by atoms with van der Waals surface area (Å²) in [5.74, 6) is -2.69. The van der Waals surface area contributed by atoms with E-state index in [-0.39, 0.29) is 43.1 Å². The van der Waals surface area contributed by atoms with Crippen molar-refractivity contribution < 1.29 is 31.2 Å². The topological polar surface area (TPSA) is 75.7 Å². The van der Waals surface area contributed by atoms with Crippen molar-refractivity contribution in [2.24, 2.45) is 0 Å². The molecule has 0 aliphatic carbocycles. The lowest BCUT2D eigenvalue weighted by Gasteiger charge is -2.38. The van der Waals surface area contributed by atoms with Crippen LogP contribution in [0.1, 0.15) is 31.7 Å². The van der Waals surface area contributed by atoms with E-state index in [4.69, 9.17) is 4.74 Å². The Morgan fingerprint density at radius 2 is 2.07 bits per heavy atom. The third-order valence-electron chi connectivity index (χ3n) is 4.68. The lowest BCUT2D eigenvalue weighted by Crippen LogP contribution is -2.43. The molecule has 1 atom stereocenters. The maximum absolute atomic E-state index is 14.6. The van der Waals surface area contributed by atoms with Crippen LogP contribution >= 0.6 is 0 Å². The van der Waals surface area contributed by atoms with Gasteiger partial charge in [0.15, 0.2) is 21.4 Å². The Kier molecular flexibility index (Phi) is 6.97. The molecule has 0 bridgehead atoms. The number of rotatable bonds is 8. The van der Waals surface area contributed by atoms with Gasteiger partial charge in [0.2, 0.25) is 0 Å². The number of benzene rings is 1. The molecule has 1 N–H and O–H groups in total. The fourth-order valence-corrected chi connectivity index (χ4v) is 5.40. The van der Waals surface area contributed by atoms with Gasteiger partial charge < -0.3 is 10.1 Å². The zero-order valence-corrected chi connectivity index (χ0v) is 16.3. The molecule has 0 unspecified atom stereocenters. The molecule has 1 aliphatic rings. The van der Waals surface area contributed by atoms with Crippen LogP contribution in [-0.4, -0.2) is 45.0 Å². The van der Waals surface area contributed by atoms with Gasteiger partial charge in [0, 0.05) is 13.0 Å². The number of amides is 2. The third kappa shape index (κ3) is 4.11. The lowest BCUT2D eigenvalue weighted by atomic mass is 9.87. The van der Waals surface area contributed by atoms with E-state index in [1.807, 2.05) is 0 Å². The summed E-state index contributed by atoms with van der Waals surface area (Å²) in [6, 6.07) is 0.759. The highest BCUT2D eigenvalue weighted by Gasteiger charge is 2.50. The van der Waals surface area contributed by atoms with Gasteiger partial charge in [-0.3, -0.25) is 0 Å². The number of ether oxygens (including phenoxy) is 1. The number of urea groups is 1. The summed E-state index contributed by atoms with van der Waals surface area (Å²) in [5.41, 5.74) is -0.385. The summed E-state index contributed by atoms with van der Waals surface area (Å²) in [7, 11) is -4.02. The molecule has 0 saturated carbocycles. The van der Waals surface area contributed by atoms with E-state index in [1.54, 1.807) is 6.92 Å². The van der Waals surface area contributed by atoms with Gasteiger partial charge in [-0.1, -0.05) is 10.6 Å². The molecule has 28 heavy (non-hydrogen) atoms. The molecule has 0 aromatic heterocycles. The molecule has 6 nitrogen and oxygen atoms in total. The average Bonchev–Trinajstić information content (AvgIpc) is 2.64. The fraction of sp³-hybridized carbons (Fsp3) is 0.500. The van der Waals surface area contributed by atoms with Crippen molar-refractivity contribution in [1.82, 2.24) is 10.4 Å². The highest BCUT2D eigenvalue weighted by molar-refractivity contribution is 7.92. The Hall–Kier alpha value is -2.23. The zero-order valence-electron chi connectivity index (χ0n) is 15.5. The van der Waals surface area contributed by atoms with Crippen LogP contribution in [0.3, 0.4) is 0 Å². The van der Waals surface area contributed by atoms with Gasteiger partial charge in [0.25, 0.3) is 0 Å². The number of nitrogens with one attached hydrogen (secondary N) is 1. The minimum atomic E-state index is -4.02. The number of carbonyl (C=O) groups is 1. The molecule has 1 aliphatic heterocycles. The number of hydrogen-bond donors (Lipinski definition) is 1. The summed E-state index contributed by atoms with van der Waals surface area (Å²) >= 11 is 0. The molecule has 1 aromatic carbocycles. The molecule has 0 saturated heterocycles. The SMILES string of the molecule is C=CCS(=O)(=O)[C@]1(CCCN(F)C(=O)NCC)CCOc2c(F)ccc(F)c21. The average molecular weight is 420 g/mol. The van der Waals surface area contributed by atoms with E-state index in [0.29, 0.717) is 0 Å². The molecule has 0 fully saturated rings. The van der Waals surface area contributed by atoms with Crippen molar-refractivity contribution in [1.29, 1.82) is 0 Å². The van der Waals surface area contributed by atoms with Crippen molar-refractivity contribution in [2.75, 3.05) is 25.4 Å². The molecule has 1 heterocycles. The van der Waals surface area contributed by atoms with Gasteiger partial charge in [0.1, 0.15) is 10.6 Å². The van der Waals surface area contributed by atoms with Crippen LogP contribution in [0.2, 0.25) is 0 Å². The standard InChI is InChI=1S/C18H23F3N2O4S/c1-3-12-28(25,26)18(8-5-10-23(21)17(24)22-4-2)9-11-27-16-14(20)7-6-13(19)15(16)18/h3,6-7H,1,4-5,8-12H2,2H3,(H,22,24)/t18-/m1/s1. The number of halogens is 3. The van der Waals surface area contributed by atoms with Crippen LogP contribution in [-0.2, 0) is 14.6 Å². The van der Waals surface area contributed by atoms with E-state index >= 15 is 0 Å². The van der Waals surface area contributed by atoms with E-state index < -0.39 is 50.3 Å². The van der Waals surface area contributed by atoms with E-state index in [0.717, 1.165) is 12.1 Å². The number of carbonyl (C=O) groups excluding carboxylic acids is 1. The molecule has 156 valence electrons. The largest absolute Gasteiger partial charge is 0.490 e. The van der Waals surface area contributed by atoms with Crippen molar-refractivity contribution in [3.05, 3.63) is 42.0 Å². The molecule has 2 rings (SSSR count). The maximum Gasteiger partial charge on any atom is 0.345 e. The first kappa shape index (κ1) is 22.1. The predicted octanol–water partition coefficient (Wildman–Crippen LogP) is 3.24. The lowest BCUT2D eigenvalue weighted by molar-refractivity contribution is 0.0629. The van der Waals surface area contributed by atoms with Crippen molar-refractivity contribution in [2.45, 2.75) is 30.9 Å². The Labute approximate surface area is 162 Å². The van der Waals surface area contributed by atoms with E-state index in [2.05, 4.69) is 11.9 Å². The highest BCUT2D eigenvalue weighted by atomic mass is 32.2. The number of hydrogen-bond acceptors (Lipinski definition) is 4. The summed E-state index contributed by atoms with van der Waals surface area (Å²) in [5, 5.41) is 2.21. The van der Waals surface area contributed by atoms with Crippen molar-refractivity contribution in [3.8, 4) is 5.75 Å². The van der Waals surface area contributed by atoms with Gasteiger partial charge in [-0.05, 0) is 31.9 Å². The Morgan fingerprint density at radius 1 is 1.39 bits per heavy atom. The molecule has 1 aromatic rings. The van der Waals surface area contributed by atoms with Crippen LogP contribution in [0, 0.1) is 11.6 Å². The number of fused-ring (bicyclic) bond motifs is 1. The summed E-state index contributed by atoms with van der Waals surface area (Å²) in [6.45, 7) is 4.73. The molecular weight excluding hydrogens is 397 g/mol. The molecule has 2 amide bonds. The Morgan fingerprint density at radius 3 is 2.71 bits per heavy atom.